The van der Waals surface area contributed by atoms with Crippen LogP contribution in [0.15, 0.2) is 30.3 Å². The van der Waals surface area contributed by atoms with Crippen LogP contribution >= 0.6 is 11.6 Å². The number of halogens is 1. The SMILES string of the molecule is COc1ccc(Cl)cc1NC(=O)C1CCN(c2ccc(C)nn2)CC1. The first-order chi connectivity index (χ1) is 12.1. The molecule has 25 heavy (non-hydrogen) atoms. The normalized spacial score (nSPS) is 15.1. The Bertz CT molecular complexity index is 743. The van der Waals surface area contributed by atoms with Gasteiger partial charge in [-0.2, -0.15) is 5.10 Å². The Balaban J connectivity index is 1.60. The van der Waals surface area contributed by atoms with E-state index in [-0.39, 0.29) is 11.8 Å². The molecule has 0 bridgehead atoms. The van der Waals surface area contributed by atoms with Crippen LogP contribution in [0.3, 0.4) is 0 Å². The number of ether oxygens (including phenoxy) is 1. The van der Waals surface area contributed by atoms with E-state index >= 15 is 0 Å². The lowest BCUT2D eigenvalue weighted by molar-refractivity contribution is -0.120. The molecule has 1 N–H and O–H groups in total. The van der Waals surface area contributed by atoms with Crippen LogP contribution in [0, 0.1) is 12.8 Å². The van der Waals surface area contributed by atoms with Crippen molar-refractivity contribution in [3.8, 4) is 5.75 Å². The molecule has 2 aromatic rings. The van der Waals surface area contributed by atoms with Gasteiger partial charge in [-0.15, -0.1) is 5.10 Å². The molecule has 132 valence electrons. The minimum atomic E-state index is -0.0432. The maximum Gasteiger partial charge on any atom is 0.227 e. The third-order valence-electron chi connectivity index (χ3n) is 4.39. The number of aromatic nitrogens is 2. The summed E-state index contributed by atoms with van der Waals surface area (Å²) in [4.78, 5) is 14.7. The largest absolute Gasteiger partial charge is 0.495 e. The van der Waals surface area contributed by atoms with E-state index in [0.29, 0.717) is 16.5 Å². The molecule has 1 aliphatic heterocycles. The van der Waals surface area contributed by atoms with Crippen molar-refractivity contribution < 1.29 is 9.53 Å². The summed E-state index contributed by atoms with van der Waals surface area (Å²) in [6, 6.07) is 9.11. The number of nitrogens with zero attached hydrogens (tertiary/aromatic N) is 3. The first-order valence-electron chi connectivity index (χ1n) is 8.26. The molecule has 1 aromatic carbocycles. The van der Waals surface area contributed by atoms with E-state index in [1.165, 1.54) is 0 Å². The molecule has 0 unspecified atom stereocenters. The lowest BCUT2D eigenvalue weighted by Gasteiger charge is -2.31. The van der Waals surface area contributed by atoms with Gasteiger partial charge >= 0.3 is 0 Å². The van der Waals surface area contributed by atoms with Gasteiger partial charge in [0.2, 0.25) is 5.91 Å². The van der Waals surface area contributed by atoms with E-state index in [4.69, 9.17) is 16.3 Å². The van der Waals surface area contributed by atoms with Gasteiger partial charge in [-0.25, -0.2) is 0 Å². The monoisotopic (exact) mass is 360 g/mol. The number of hydrogen-bond donors (Lipinski definition) is 1. The van der Waals surface area contributed by atoms with E-state index in [2.05, 4.69) is 20.4 Å². The summed E-state index contributed by atoms with van der Waals surface area (Å²) in [5.41, 5.74) is 1.50. The van der Waals surface area contributed by atoms with Gasteiger partial charge < -0.3 is 15.0 Å². The highest BCUT2D eigenvalue weighted by molar-refractivity contribution is 6.31. The molecular formula is C18H21ClN4O2. The summed E-state index contributed by atoms with van der Waals surface area (Å²) in [6.45, 7) is 3.47. The Morgan fingerprint density at radius 1 is 1.24 bits per heavy atom. The predicted octanol–water partition coefficient (Wildman–Crippen LogP) is 3.30. The molecule has 1 aliphatic rings. The molecule has 6 nitrogen and oxygen atoms in total. The number of benzene rings is 1. The van der Waals surface area contributed by atoms with Crippen molar-refractivity contribution in [2.45, 2.75) is 19.8 Å². The molecule has 0 atom stereocenters. The lowest BCUT2D eigenvalue weighted by atomic mass is 9.95. The average molecular weight is 361 g/mol. The third kappa shape index (κ3) is 4.20. The van der Waals surface area contributed by atoms with Crippen LogP contribution in [0.2, 0.25) is 5.02 Å². The fraction of sp³-hybridized carbons (Fsp3) is 0.389. The van der Waals surface area contributed by atoms with Crippen LogP contribution in [0.4, 0.5) is 11.5 Å². The zero-order valence-electron chi connectivity index (χ0n) is 14.3. The van der Waals surface area contributed by atoms with Crippen molar-refractivity contribution in [3.05, 3.63) is 41.0 Å². The van der Waals surface area contributed by atoms with Crippen LogP contribution in [-0.2, 0) is 4.79 Å². The van der Waals surface area contributed by atoms with Crippen molar-refractivity contribution in [3.63, 3.8) is 0 Å². The molecular weight excluding hydrogens is 340 g/mol. The molecule has 1 saturated heterocycles. The Morgan fingerprint density at radius 2 is 2.00 bits per heavy atom. The summed E-state index contributed by atoms with van der Waals surface area (Å²) >= 11 is 6.01. The van der Waals surface area contributed by atoms with Crippen molar-refractivity contribution >= 4 is 29.0 Å². The van der Waals surface area contributed by atoms with Crippen molar-refractivity contribution in [1.29, 1.82) is 0 Å². The second-order valence-corrected chi connectivity index (χ2v) is 6.56. The standard InChI is InChI=1S/C18H21ClN4O2/c1-12-3-6-17(22-21-12)23-9-7-13(8-10-23)18(24)20-15-11-14(19)4-5-16(15)25-2/h3-6,11,13H,7-10H2,1-2H3,(H,20,24). The smallest absolute Gasteiger partial charge is 0.227 e. The van der Waals surface area contributed by atoms with Crippen molar-refractivity contribution in [1.82, 2.24) is 10.2 Å². The first-order valence-corrected chi connectivity index (χ1v) is 8.64. The molecule has 1 amide bonds. The van der Waals surface area contributed by atoms with Gasteiger partial charge in [0.15, 0.2) is 5.82 Å². The van der Waals surface area contributed by atoms with Gasteiger partial charge in [0.05, 0.1) is 18.5 Å². The van der Waals surface area contributed by atoms with E-state index < -0.39 is 0 Å². The van der Waals surface area contributed by atoms with E-state index in [9.17, 15) is 4.79 Å². The number of piperidine rings is 1. The minimum absolute atomic E-state index is 0.00444. The molecule has 1 aromatic heterocycles. The molecule has 1 fully saturated rings. The van der Waals surface area contributed by atoms with E-state index in [1.807, 2.05) is 19.1 Å². The van der Waals surface area contributed by atoms with Gasteiger partial charge in [0.25, 0.3) is 0 Å². The number of amides is 1. The van der Waals surface area contributed by atoms with Crippen LogP contribution in [0.1, 0.15) is 18.5 Å². The Kier molecular flexibility index (Phi) is 5.38. The maximum absolute atomic E-state index is 12.6. The average Bonchev–Trinajstić information content (AvgIpc) is 2.63. The number of carbonyl (C=O) groups excluding carboxylic acids is 1. The number of hydrogen-bond acceptors (Lipinski definition) is 5. The summed E-state index contributed by atoms with van der Waals surface area (Å²) in [5.74, 6) is 1.42. The van der Waals surface area contributed by atoms with Crippen molar-refractivity contribution in [2.24, 2.45) is 5.92 Å². The molecule has 0 aliphatic carbocycles. The van der Waals surface area contributed by atoms with Crippen LogP contribution in [-0.4, -0.2) is 36.3 Å². The van der Waals surface area contributed by atoms with Gasteiger partial charge in [0, 0.05) is 24.0 Å². The summed E-state index contributed by atoms with van der Waals surface area (Å²) in [5, 5.41) is 11.8. The molecule has 3 rings (SSSR count). The zero-order chi connectivity index (χ0) is 17.8. The summed E-state index contributed by atoms with van der Waals surface area (Å²) < 4.78 is 5.28. The zero-order valence-corrected chi connectivity index (χ0v) is 15.1. The van der Waals surface area contributed by atoms with Crippen LogP contribution in [0.25, 0.3) is 0 Å². The second-order valence-electron chi connectivity index (χ2n) is 6.13. The highest BCUT2D eigenvalue weighted by Crippen LogP contribution is 2.29. The highest BCUT2D eigenvalue weighted by Gasteiger charge is 2.26. The second kappa shape index (κ2) is 7.70. The Hall–Kier alpha value is -2.34. The molecule has 7 heteroatoms. The van der Waals surface area contributed by atoms with Crippen LogP contribution in [0.5, 0.6) is 5.75 Å². The quantitative estimate of drug-likeness (QED) is 0.906. The highest BCUT2D eigenvalue weighted by atomic mass is 35.5. The number of rotatable bonds is 4. The summed E-state index contributed by atoms with van der Waals surface area (Å²) in [7, 11) is 1.57. The molecule has 0 saturated carbocycles. The first kappa shape index (κ1) is 17.5. The number of aryl methyl sites for hydroxylation is 1. The van der Waals surface area contributed by atoms with Gasteiger partial charge in [-0.1, -0.05) is 11.6 Å². The fourth-order valence-corrected chi connectivity index (χ4v) is 3.12. The number of anilines is 2. The minimum Gasteiger partial charge on any atom is -0.495 e. The van der Waals surface area contributed by atoms with Crippen molar-refractivity contribution in [2.75, 3.05) is 30.4 Å². The number of nitrogens with one attached hydrogen (secondary N) is 1. The van der Waals surface area contributed by atoms with E-state index in [0.717, 1.165) is 37.4 Å². The van der Waals surface area contributed by atoms with Gasteiger partial charge in [0.1, 0.15) is 5.75 Å². The number of carbonyl (C=O) groups is 1. The molecule has 0 radical (unpaired) electrons. The van der Waals surface area contributed by atoms with Gasteiger partial charge in [-0.3, -0.25) is 4.79 Å². The molecule has 2 heterocycles. The van der Waals surface area contributed by atoms with Gasteiger partial charge in [-0.05, 0) is 50.1 Å². The fourth-order valence-electron chi connectivity index (χ4n) is 2.94. The lowest BCUT2D eigenvalue weighted by Crippen LogP contribution is -2.38. The Morgan fingerprint density at radius 3 is 2.64 bits per heavy atom. The predicted molar refractivity (Wildman–Crippen MR) is 98.3 cm³/mol. The summed E-state index contributed by atoms with van der Waals surface area (Å²) in [6.07, 6.45) is 1.54. The molecule has 0 spiro atoms. The van der Waals surface area contributed by atoms with Crippen LogP contribution < -0.4 is 15.0 Å². The number of methoxy groups -OCH3 is 1. The maximum atomic E-state index is 12.6. The third-order valence-corrected chi connectivity index (χ3v) is 4.63. The Labute approximate surface area is 152 Å². The van der Waals surface area contributed by atoms with E-state index in [1.54, 1.807) is 25.3 Å². The topological polar surface area (TPSA) is 67.3 Å².